The van der Waals surface area contributed by atoms with Gasteiger partial charge in [0.2, 0.25) is 0 Å². The van der Waals surface area contributed by atoms with E-state index in [4.69, 9.17) is 0 Å². The number of carbonyl (C=O) groups is 1. The minimum atomic E-state index is -0.565. The molecular formula is C17H15N5O3. The van der Waals surface area contributed by atoms with Gasteiger partial charge >= 0.3 is 5.69 Å². The molecule has 0 aliphatic heterocycles. The molecule has 0 unspecified atom stereocenters. The number of amides is 1. The molecule has 0 bridgehead atoms. The van der Waals surface area contributed by atoms with Crippen LogP contribution in [0.3, 0.4) is 0 Å². The number of hydrogen-bond acceptors (Lipinski definition) is 5. The number of nitrogens with zero attached hydrogens (tertiary/aromatic N) is 4. The minimum Gasteiger partial charge on any atom is -0.271 e. The van der Waals surface area contributed by atoms with E-state index >= 15 is 0 Å². The summed E-state index contributed by atoms with van der Waals surface area (Å²) in [6, 6.07) is 13.8. The van der Waals surface area contributed by atoms with E-state index < -0.39 is 10.8 Å². The number of hydrazone groups is 1. The Hall–Kier alpha value is -3.55. The van der Waals surface area contributed by atoms with Crippen molar-refractivity contribution in [2.75, 3.05) is 0 Å². The van der Waals surface area contributed by atoms with Crippen LogP contribution >= 0.6 is 0 Å². The normalized spacial score (nSPS) is 11.5. The predicted molar refractivity (Wildman–Crippen MR) is 93.2 cm³/mol. The molecule has 8 heteroatoms. The molecule has 3 rings (SSSR count). The molecule has 0 saturated heterocycles. The fourth-order valence-corrected chi connectivity index (χ4v) is 2.46. The number of aromatic nitrogens is 2. The number of fused-ring (bicyclic) bond motifs is 1. The fraction of sp³-hybridized carbons (Fsp3) is 0.118. The zero-order valence-corrected chi connectivity index (χ0v) is 13.4. The van der Waals surface area contributed by atoms with Crippen LogP contribution in [0.4, 0.5) is 5.69 Å². The first-order valence-corrected chi connectivity index (χ1v) is 7.52. The van der Waals surface area contributed by atoms with Crippen molar-refractivity contribution in [2.24, 2.45) is 5.10 Å². The zero-order chi connectivity index (χ0) is 17.8. The van der Waals surface area contributed by atoms with Crippen LogP contribution < -0.4 is 5.43 Å². The molecule has 0 radical (unpaired) electrons. The molecule has 126 valence electrons. The summed E-state index contributed by atoms with van der Waals surface area (Å²) in [6.07, 6.45) is 2.29. The molecule has 0 aliphatic carbocycles. The molecule has 0 saturated carbocycles. The topological polar surface area (TPSA) is 102 Å². The second-order valence-corrected chi connectivity index (χ2v) is 5.41. The number of nitrogens with one attached hydrogen (secondary N) is 1. The average Bonchev–Trinajstić information content (AvgIpc) is 3.08. The molecule has 1 amide bonds. The van der Waals surface area contributed by atoms with E-state index in [1.54, 1.807) is 6.92 Å². The first-order chi connectivity index (χ1) is 12.0. The van der Waals surface area contributed by atoms with E-state index in [1.807, 2.05) is 42.5 Å². The maximum atomic E-state index is 11.9. The monoisotopic (exact) mass is 337 g/mol. The quantitative estimate of drug-likeness (QED) is 0.439. The van der Waals surface area contributed by atoms with Gasteiger partial charge < -0.3 is 0 Å². The molecule has 2 aromatic carbocycles. The summed E-state index contributed by atoms with van der Waals surface area (Å²) in [5.74, 6) is -0.419. The summed E-state index contributed by atoms with van der Waals surface area (Å²) < 4.78 is 1.19. The van der Waals surface area contributed by atoms with Crippen molar-refractivity contribution in [2.45, 2.75) is 13.5 Å². The number of benzene rings is 2. The standard InChI is InChI=1S/C17H15N5O3/c1-12(15-8-4-6-13-5-2-3-7-16(13)15)19-20-17(23)11-21-10-14(9-18-21)22(24)25/h2-10H,11H2,1H3,(H,20,23)/b19-12-. The Bertz CT molecular complexity index is 972. The van der Waals surface area contributed by atoms with E-state index in [0.717, 1.165) is 22.5 Å². The van der Waals surface area contributed by atoms with Gasteiger partial charge in [0.25, 0.3) is 5.91 Å². The minimum absolute atomic E-state index is 0.153. The zero-order valence-electron chi connectivity index (χ0n) is 13.4. The molecule has 1 N–H and O–H groups in total. The van der Waals surface area contributed by atoms with Crippen molar-refractivity contribution in [3.05, 3.63) is 70.5 Å². The molecule has 1 aromatic heterocycles. The third-order valence-electron chi connectivity index (χ3n) is 3.66. The Labute approximate surface area is 142 Å². The lowest BCUT2D eigenvalue weighted by molar-refractivity contribution is -0.385. The first-order valence-electron chi connectivity index (χ1n) is 7.52. The summed E-state index contributed by atoms with van der Waals surface area (Å²) in [5.41, 5.74) is 3.87. The molecule has 25 heavy (non-hydrogen) atoms. The van der Waals surface area contributed by atoms with Crippen LogP contribution in [0.15, 0.2) is 60.0 Å². The van der Waals surface area contributed by atoms with Gasteiger partial charge in [0.1, 0.15) is 18.9 Å². The van der Waals surface area contributed by atoms with Gasteiger partial charge in [-0.2, -0.15) is 10.2 Å². The highest BCUT2D eigenvalue weighted by Crippen LogP contribution is 2.19. The Morgan fingerprint density at radius 2 is 2.04 bits per heavy atom. The molecule has 3 aromatic rings. The summed E-state index contributed by atoms with van der Waals surface area (Å²) in [4.78, 5) is 22.0. The van der Waals surface area contributed by atoms with Crippen molar-refractivity contribution >= 4 is 28.1 Å². The van der Waals surface area contributed by atoms with E-state index in [2.05, 4.69) is 15.6 Å². The largest absolute Gasteiger partial charge is 0.307 e. The Balaban J connectivity index is 1.71. The van der Waals surface area contributed by atoms with Crippen LogP contribution in [0, 0.1) is 10.1 Å². The lowest BCUT2D eigenvalue weighted by Gasteiger charge is -2.07. The molecule has 1 heterocycles. The van der Waals surface area contributed by atoms with Gasteiger partial charge in [-0.05, 0) is 17.7 Å². The van der Waals surface area contributed by atoms with E-state index in [0.29, 0.717) is 5.71 Å². The number of hydrogen-bond donors (Lipinski definition) is 1. The van der Waals surface area contributed by atoms with Crippen molar-refractivity contribution in [3.8, 4) is 0 Å². The third-order valence-corrected chi connectivity index (χ3v) is 3.66. The molecule has 8 nitrogen and oxygen atoms in total. The molecule has 0 fully saturated rings. The van der Waals surface area contributed by atoms with E-state index in [9.17, 15) is 14.9 Å². The van der Waals surface area contributed by atoms with Crippen LogP contribution in [0.1, 0.15) is 12.5 Å². The molecule has 0 atom stereocenters. The molecular weight excluding hydrogens is 322 g/mol. The predicted octanol–water partition coefficient (Wildman–Crippen LogP) is 2.48. The second-order valence-electron chi connectivity index (χ2n) is 5.41. The number of nitro groups is 1. The Kier molecular flexibility index (Phi) is 4.51. The van der Waals surface area contributed by atoms with Gasteiger partial charge in [-0.15, -0.1) is 0 Å². The van der Waals surface area contributed by atoms with Gasteiger partial charge in [-0.1, -0.05) is 42.5 Å². The SMILES string of the molecule is C/C(=N/NC(=O)Cn1cc([N+](=O)[O-])cn1)c1cccc2ccccc12. The highest BCUT2D eigenvalue weighted by molar-refractivity contribution is 6.09. The van der Waals surface area contributed by atoms with Gasteiger partial charge in [-0.25, -0.2) is 5.43 Å². The van der Waals surface area contributed by atoms with Gasteiger partial charge in [0.15, 0.2) is 0 Å². The smallest absolute Gasteiger partial charge is 0.271 e. The van der Waals surface area contributed by atoms with Crippen LogP contribution in [0.2, 0.25) is 0 Å². The number of rotatable bonds is 5. The lowest BCUT2D eigenvalue weighted by Crippen LogP contribution is -2.24. The van der Waals surface area contributed by atoms with Gasteiger partial charge in [0.05, 0.1) is 10.6 Å². The van der Waals surface area contributed by atoms with Crippen LogP contribution in [0.5, 0.6) is 0 Å². The second kappa shape index (κ2) is 6.91. The fourth-order valence-electron chi connectivity index (χ4n) is 2.46. The highest BCUT2D eigenvalue weighted by atomic mass is 16.6. The average molecular weight is 337 g/mol. The van der Waals surface area contributed by atoms with Crippen LogP contribution in [-0.4, -0.2) is 26.3 Å². The van der Waals surface area contributed by atoms with E-state index in [1.165, 1.54) is 10.9 Å². The van der Waals surface area contributed by atoms with Crippen molar-refractivity contribution < 1.29 is 9.72 Å². The lowest BCUT2D eigenvalue weighted by atomic mass is 10.0. The van der Waals surface area contributed by atoms with Gasteiger partial charge in [0, 0.05) is 5.56 Å². The van der Waals surface area contributed by atoms with Crippen LogP contribution in [-0.2, 0) is 11.3 Å². The highest BCUT2D eigenvalue weighted by Gasteiger charge is 2.11. The van der Waals surface area contributed by atoms with Crippen molar-refractivity contribution in [1.29, 1.82) is 0 Å². The van der Waals surface area contributed by atoms with Crippen molar-refractivity contribution in [3.63, 3.8) is 0 Å². The summed E-state index contributed by atoms with van der Waals surface area (Å²) in [7, 11) is 0. The van der Waals surface area contributed by atoms with Crippen molar-refractivity contribution in [1.82, 2.24) is 15.2 Å². The summed E-state index contributed by atoms with van der Waals surface area (Å²) in [5, 5.41) is 20.6. The summed E-state index contributed by atoms with van der Waals surface area (Å²) >= 11 is 0. The maximum absolute atomic E-state index is 11.9. The third kappa shape index (κ3) is 3.69. The van der Waals surface area contributed by atoms with Gasteiger partial charge in [-0.3, -0.25) is 19.6 Å². The molecule has 0 aliphatic rings. The molecule has 0 spiro atoms. The summed E-state index contributed by atoms with van der Waals surface area (Å²) in [6.45, 7) is 1.65. The first kappa shape index (κ1) is 16.3. The maximum Gasteiger partial charge on any atom is 0.307 e. The van der Waals surface area contributed by atoms with Crippen LogP contribution in [0.25, 0.3) is 10.8 Å². The Morgan fingerprint density at radius 3 is 2.80 bits per heavy atom. The number of carbonyl (C=O) groups excluding carboxylic acids is 1. The van der Waals surface area contributed by atoms with E-state index in [-0.39, 0.29) is 12.2 Å². The Morgan fingerprint density at radius 1 is 1.28 bits per heavy atom.